The molecule has 0 heterocycles. The van der Waals surface area contributed by atoms with Crippen molar-refractivity contribution < 1.29 is 0 Å². The SMILES string of the molecule is CCC(C)c1cc(C)ccc1-c1ccc(C)cc1. The molecule has 0 bridgehead atoms. The van der Waals surface area contributed by atoms with Crippen LogP contribution >= 0.6 is 0 Å². The van der Waals surface area contributed by atoms with Gasteiger partial charge in [-0.15, -0.1) is 0 Å². The van der Waals surface area contributed by atoms with Crippen LogP contribution in [0.4, 0.5) is 0 Å². The van der Waals surface area contributed by atoms with Crippen molar-refractivity contribution in [3.8, 4) is 11.1 Å². The lowest BCUT2D eigenvalue weighted by Crippen LogP contribution is -1.96. The van der Waals surface area contributed by atoms with Crippen LogP contribution in [0.2, 0.25) is 0 Å². The third kappa shape index (κ3) is 2.64. The van der Waals surface area contributed by atoms with Crippen molar-refractivity contribution in [2.24, 2.45) is 0 Å². The molecule has 0 radical (unpaired) electrons. The highest BCUT2D eigenvalue weighted by Gasteiger charge is 2.10. The predicted octanol–water partition coefficient (Wildman–Crippen LogP) is 5.48. The van der Waals surface area contributed by atoms with Gasteiger partial charge in [0, 0.05) is 0 Å². The summed E-state index contributed by atoms with van der Waals surface area (Å²) in [4.78, 5) is 0. The minimum atomic E-state index is 0.612. The monoisotopic (exact) mass is 238 g/mol. The number of benzene rings is 2. The Morgan fingerprint density at radius 1 is 0.889 bits per heavy atom. The van der Waals surface area contributed by atoms with Crippen LogP contribution < -0.4 is 0 Å². The van der Waals surface area contributed by atoms with E-state index in [9.17, 15) is 0 Å². The summed E-state index contributed by atoms with van der Waals surface area (Å²) in [5.41, 5.74) is 6.85. The molecule has 2 aromatic carbocycles. The lowest BCUT2D eigenvalue weighted by molar-refractivity contribution is 0.734. The van der Waals surface area contributed by atoms with Gasteiger partial charge >= 0.3 is 0 Å². The summed E-state index contributed by atoms with van der Waals surface area (Å²) in [5, 5.41) is 0. The van der Waals surface area contributed by atoms with Crippen LogP contribution in [0.15, 0.2) is 42.5 Å². The molecule has 94 valence electrons. The van der Waals surface area contributed by atoms with Gasteiger partial charge in [0.1, 0.15) is 0 Å². The Kier molecular flexibility index (Phi) is 3.86. The van der Waals surface area contributed by atoms with Crippen molar-refractivity contribution in [3.63, 3.8) is 0 Å². The number of aryl methyl sites for hydroxylation is 2. The van der Waals surface area contributed by atoms with Crippen molar-refractivity contribution in [3.05, 3.63) is 59.2 Å². The molecule has 0 heteroatoms. The van der Waals surface area contributed by atoms with Crippen LogP contribution in [0.25, 0.3) is 11.1 Å². The third-order valence-corrected chi connectivity index (χ3v) is 3.71. The van der Waals surface area contributed by atoms with Gasteiger partial charge in [0.15, 0.2) is 0 Å². The summed E-state index contributed by atoms with van der Waals surface area (Å²) in [6, 6.07) is 15.6. The fraction of sp³-hybridized carbons (Fsp3) is 0.333. The minimum absolute atomic E-state index is 0.612. The highest BCUT2D eigenvalue weighted by atomic mass is 14.1. The van der Waals surface area contributed by atoms with Gasteiger partial charge in [-0.25, -0.2) is 0 Å². The van der Waals surface area contributed by atoms with E-state index in [1.54, 1.807) is 0 Å². The summed E-state index contributed by atoms with van der Waals surface area (Å²) < 4.78 is 0. The molecule has 18 heavy (non-hydrogen) atoms. The van der Waals surface area contributed by atoms with E-state index in [0.29, 0.717) is 5.92 Å². The fourth-order valence-corrected chi connectivity index (χ4v) is 2.31. The summed E-state index contributed by atoms with van der Waals surface area (Å²) in [6.45, 7) is 8.87. The molecule has 2 aromatic rings. The molecule has 0 aliphatic carbocycles. The third-order valence-electron chi connectivity index (χ3n) is 3.71. The first kappa shape index (κ1) is 12.9. The number of hydrogen-bond donors (Lipinski definition) is 0. The molecular weight excluding hydrogens is 216 g/mol. The summed E-state index contributed by atoms with van der Waals surface area (Å²) >= 11 is 0. The van der Waals surface area contributed by atoms with Crippen LogP contribution in [0.5, 0.6) is 0 Å². The van der Waals surface area contributed by atoms with Gasteiger partial charge < -0.3 is 0 Å². The molecule has 0 amide bonds. The lowest BCUT2D eigenvalue weighted by atomic mass is 9.89. The van der Waals surface area contributed by atoms with Crippen molar-refractivity contribution in [2.75, 3.05) is 0 Å². The van der Waals surface area contributed by atoms with Gasteiger partial charge in [-0.2, -0.15) is 0 Å². The van der Waals surface area contributed by atoms with Crippen LogP contribution in [-0.2, 0) is 0 Å². The maximum Gasteiger partial charge on any atom is -0.0149 e. The molecule has 2 rings (SSSR count). The molecule has 1 unspecified atom stereocenters. The Balaban J connectivity index is 2.52. The first-order chi connectivity index (χ1) is 8.61. The normalized spacial score (nSPS) is 12.4. The van der Waals surface area contributed by atoms with Crippen molar-refractivity contribution in [1.82, 2.24) is 0 Å². The van der Waals surface area contributed by atoms with E-state index in [2.05, 4.69) is 70.2 Å². The Labute approximate surface area is 111 Å². The van der Waals surface area contributed by atoms with E-state index in [0.717, 1.165) is 0 Å². The molecule has 0 fully saturated rings. The average molecular weight is 238 g/mol. The average Bonchev–Trinajstić information content (AvgIpc) is 2.39. The van der Waals surface area contributed by atoms with Gasteiger partial charge in [-0.1, -0.05) is 67.4 Å². The van der Waals surface area contributed by atoms with Gasteiger partial charge in [-0.05, 0) is 42.9 Å². The Morgan fingerprint density at radius 3 is 2.11 bits per heavy atom. The predicted molar refractivity (Wildman–Crippen MR) is 80.1 cm³/mol. The first-order valence-electron chi connectivity index (χ1n) is 6.79. The van der Waals surface area contributed by atoms with E-state index in [4.69, 9.17) is 0 Å². The molecular formula is C18H22. The molecule has 0 N–H and O–H groups in total. The van der Waals surface area contributed by atoms with E-state index < -0.39 is 0 Å². The number of hydrogen-bond acceptors (Lipinski definition) is 0. The Bertz CT molecular complexity index is 520. The summed E-state index contributed by atoms with van der Waals surface area (Å²) in [5.74, 6) is 0.612. The minimum Gasteiger partial charge on any atom is -0.0648 e. The summed E-state index contributed by atoms with van der Waals surface area (Å²) in [7, 11) is 0. The maximum atomic E-state index is 2.34. The van der Waals surface area contributed by atoms with Gasteiger partial charge in [-0.3, -0.25) is 0 Å². The smallest absolute Gasteiger partial charge is 0.0149 e. The molecule has 0 saturated heterocycles. The van der Waals surface area contributed by atoms with E-state index in [1.807, 2.05) is 0 Å². The zero-order valence-electron chi connectivity index (χ0n) is 11.8. The second kappa shape index (κ2) is 5.39. The maximum absolute atomic E-state index is 2.34. The van der Waals surface area contributed by atoms with E-state index >= 15 is 0 Å². The van der Waals surface area contributed by atoms with Gasteiger partial charge in [0.2, 0.25) is 0 Å². The molecule has 0 aromatic heterocycles. The zero-order valence-corrected chi connectivity index (χ0v) is 11.8. The molecule has 0 nitrogen and oxygen atoms in total. The standard InChI is InChI=1S/C18H22/c1-5-15(4)18-12-14(3)8-11-17(18)16-9-6-13(2)7-10-16/h6-12,15H,5H2,1-4H3. The lowest BCUT2D eigenvalue weighted by Gasteiger charge is -2.16. The molecule has 0 spiro atoms. The van der Waals surface area contributed by atoms with Crippen LogP contribution in [0.1, 0.15) is 42.9 Å². The second-order valence-corrected chi connectivity index (χ2v) is 5.27. The van der Waals surface area contributed by atoms with Crippen LogP contribution in [-0.4, -0.2) is 0 Å². The fourth-order valence-electron chi connectivity index (χ4n) is 2.31. The van der Waals surface area contributed by atoms with Gasteiger partial charge in [0.05, 0.1) is 0 Å². The molecule has 0 saturated carbocycles. The van der Waals surface area contributed by atoms with E-state index in [-0.39, 0.29) is 0 Å². The van der Waals surface area contributed by atoms with Gasteiger partial charge in [0.25, 0.3) is 0 Å². The van der Waals surface area contributed by atoms with E-state index in [1.165, 1.54) is 34.2 Å². The van der Waals surface area contributed by atoms with Crippen molar-refractivity contribution in [2.45, 2.75) is 40.0 Å². The topological polar surface area (TPSA) is 0 Å². The summed E-state index contributed by atoms with van der Waals surface area (Å²) in [6.07, 6.45) is 1.18. The second-order valence-electron chi connectivity index (χ2n) is 5.27. The zero-order chi connectivity index (χ0) is 13.1. The number of rotatable bonds is 3. The Morgan fingerprint density at radius 2 is 1.50 bits per heavy atom. The first-order valence-corrected chi connectivity index (χ1v) is 6.79. The van der Waals surface area contributed by atoms with Crippen molar-refractivity contribution >= 4 is 0 Å². The molecule has 1 atom stereocenters. The quantitative estimate of drug-likeness (QED) is 0.663. The van der Waals surface area contributed by atoms with Crippen molar-refractivity contribution in [1.29, 1.82) is 0 Å². The largest absolute Gasteiger partial charge is 0.0648 e. The highest BCUT2D eigenvalue weighted by molar-refractivity contribution is 5.68. The Hall–Kier alpha value is -1.56. The molecule has 0 aliphatic rings. The molecule has 0 aliphatic heterocycles. The highest BCUT2D eigenvalue weighted by Crippen LogP contribution is 2.31. The van der Waals surface area contributed by atoms with Crippen LogP contribution in [0.3, 0.4) is 0 Å². The van der Waals surface area contributed by atoms with Crippen LogP contribution in [0, 0.1) is 13.8 Å².